The molecule has 6 nitrogen and oxygen atoms in total. The predicted molar refractivity (Wildman–Crippen MR) is 84.8 cm³/mol. The maximum Gasteiger partial charge on any atom is 0.310 e. The van der Waals surface area contributed by atoms with Gasteiger partial charge in [0.05, 0.1) is 12.5 Å². The number of rotatable bonds is 4. The average molecular weight is 301 g/mol. The zero-order chi connectivity index (χ0) is 18.9. The lowest BCUT2D eigenvalue weighted by Crippen LogP contribution is -2.07. The van der Waals surface area contributed by atoms with E-state index in [4.69, 9.17) is 21.5 Å². The second kappa shape index (κ2) is 5.90. The van der Waals surface area contributed by atoms with Crippen LogP contribution in [-0.4, -0.2) is 20.9 Å². The second-order valence-electron chi connectivity index (χ2n) is 5.00. The molecule has 1 aromatic heterocycles. The van der Waals surface area contributed by atoms with Gasteiger partial charge in [0, 0.05) is 10.2 Å². The first kappa shape index (κ1) is 11.8. The fraction of sp³-hybridized carbons (Fsp3) is 0.312. The highest BCUT2D eigenvalue weighted by Gasteiger charge is 2.19. The van der Waals surface area contributed by atoms with Gasteiger partial charge in [-0.2, -0.15) is 5.10 Å². The predicted octanol–water partition coefficient (Wildman–Crippen LogP) is 3.45. The number of benzene rings is 1. The van der Waals surface area contributed by atoms with Crippen LogP contribution >= 0.6 is 0 Å². The first-order valence-electron chi connectivity index (χ1n) is 8.16. The molecule has 1 aromatic carbocycles. The minimum atomic E-state index is -2.31. The second-order valence-corrected chi connectivity index (χ2v) is 5.00. The van der Waals surface area contributed by atoms with Crippen LogP contribution in [0.4, 0.5) is 11.5 Å². The van der Waals surface area contributed by atoms with E-state index in [0.29, 0.717) is 11.1 Å². The zero-order valence-electron chi connectivity index (χ0n) is 15.2. The molecule has 2 rings (SSSR count). The van der Waals surface area contributed by atoms with Crippen molar-refractivity contribution in [2.75, 3.05) is 5.73 Å². The van der Waals surface area contributed by atoms with Gasteiger partial charge in [-0.25, -0.2) is 4.85 Å². The first-order chi connectivity index (χ1) is 11.6. The van der Waals surface area contributed by atoms with E-state index in [-0.39, 0.29) is 17.2 Å². The lowest BCUT2D eigenvalue weighted by Gasteiger charge is -2.08. The van der Waals surface area contributed by atoms with Crippen LogP contribution in [-0.2, 0) is 4.79 Å². The van der Waals surface area contributed by atoms with Crippen LogP contribution in [0.15, 0.2) is 24.3 Å². The Kier molecular flexibility index (Phi) is 3.17. The van der Waals surface area contributed by atoms with Crippen molar-refractivity contribution in [3.8, 4) is 11.3 Å². The zero-order valence-corrected chi connectivity index (χ0v) is 12.2. The van der Waals surface area contributed by atoms with Gasteiger partial charge < -0.3 is 10.8 Å². The molecule has 0 radical (unpaired) electrons. The van der Waals surface area contributed by atoms with E-state index in [1.54, 1.807) is 31.2 Å². The molecule has 0 aliphatic rings. The molecule has 0 saturated heterocycles. The summed E-state index contributed by atoms with van der Waals surface area (Å²) < 4.78 is 23.7. The van der Waals surface area contributed by atoms with Gasteiger partial charge in [0.25, 0.3) is 5.69 Å². The molecule has 0 fully saturated rings. The highest BCUT2D eigenvalue weighted by atomic mass is 16.4. The molecule has 114 valence electrons. The standard InChI is InChI=1S/C16H18N4O2/c1-9(2)20-15(17)14(18-4)13(19-20)12-7-5-11(6-8-12)10(3)16(21)22/h5-10H,17H2,1-3H3,(H,21,22)/i1D3. The number of nitrogens with two attached hydrogens (primary N) is 1. The van der Waals surface area contributed by atoms with E-state index in [2.05, 4.69) is 9.94 Å². The number of anilines is 1. The fourth-order valence-corrected chi connectivity index (χ4v) is 2.11. The molecule has 2 aromatic rings. The number of nitrogens with zero attached hydrogens (tertiary/aromatic N) is 3. The summed E-state index contributed by atoms with van der Waals surface area (Å²) in [6.45, 7) is 8.06. The van der Waals surface area contributed by atoms with Crippen molar-refractivity contribution in [1.29, 1.82) is 0 Å². The Bertz CT molecular complexity index is 835. The molecule has 22 heavy (non-hydrogen) atoms. The van der Waals surface area contributed by atoms with Gasteiger partial charge in [-0.3, -0.25) is 9.48 Å². The van der Waals surface area contributed by atoms with Gasteiger partial charge in [0.15, 0.2) is 0 Å². The number of hydrogen-bond acceptors (Lipinski definition) is 3. The third-order valence-electron chi connectivity index (χ3n) is 3.45. The van der Waals surface area contributed by atoms with E-state index in [0.717, 1.165) is 4.68 Å². The van der Waals surface area contributed by atoms with Gasteiger partial charge in [0.2, 0.25) is 0 Å². The normalized spacial score (nSPS) is 16.0. The summed E-state index contributed by atoms with van der Waals surface area (Å²) >= 11 is 0. The molecule has 2 unspecified atom stereocenters. The van der Waals surface area contributed by atoms with Crippen LogP contribution in [0.1, 0.15) is 42.3 Å². The Morgan fingerprint density at radius 3 is 2.59 bits per heavy atom. The van der Waals surface area contributed by atoms with E-state index in [1.165, 1.54) is 6.92 Å². The molecule has 0 saturated carbocycles. The number of aliphatic carboxylic acids is 1. The molecule has 3 N–H and O–H groups in total. The molecule has 0 amide bonds. The maximum atomic E-state index is 11.0. The Morgan fingerprint density at radius 2 is 2.09 bits per heavy atom. The van der Waals surface area contributed by atoms with E-state index in [9.17, 15) is 4.79 Å². The number of carboxylic acid groups (broad SMARTS) is 1. The summed E-state index contributed by atoms with van der Waals surface area (Å²) in [5, 5.41) is 13.3. The van der Waals surface area contributed by atoms with Crippen LogP contribution in [0, 0.1) is 6.57 Å². The van der Waals surface area contributed by atoms with Crippen molar-refractivity contribution in [1.82, 2.24) is 9.78 Å². The van der Waals surface area contributed by atoms with E-state index in [1.807, 2.05) is 0 Å². The number of hydrogen-bond donors (Lipinski definition) is 2. The molecule has 6 heteroatoms. The summed E-state index contributed by atoms with van der Waals surface area (Å²) in [7, 11) is 0. The minimum Gasteiger partial charge on any atom is -0.481 e. The molecular formula is C16H18N4O2. The van der Waals surface area contributed by atoms with Crippen molar-refractivity contribution >= 4 is 17.5 Å². The lowest BCUT2D eigenvalue weighted by molar-refractivity contribution is -0.138. The fourth-order valence-electron chi connectivity index (χ4n) is 2.11. The van der Waals surface area contributed by atoms with E-state index >= 15 is 0 Å². The topological polar surface area (TPSA) is 85.5 Å². The van der Waals surface area contributed by atoms with Crippen molar-refractivity contribution < 1.29 is 14.0 Å². The molecule has 2 atom stereocenters. The number of carbonyl (C=O) groups is 1. The van der Waals surface area contributed by atoms with Gasteiger partial charge >= 0.3 is 5.97 Å². The van der Waals surface area contributed by atoms with Crippen LogP contribution in [0.3, 0.4) is 0 Å². The van der Waals surface area contributed by atoms with Gasteiger partial charge in [0.1, 0.15) is 11.5 Å². The van der Waals surface area contributed by atoms with E-state index < -0.39 is 24.8 Å². The van der Waals surface area contributed by atoms with Gasteiger partial charge in [-0.15, -0.1) is 0 Å². The molecule has 0 spiro atoms. The minimum absolute atomic E-state index is 0.00314. The highest BCUT2D eigenvalue weighted by Crippen LogP contribution is 2.36. The SMILES string of the molecule is [2H]C([2H])([2H])C(C)n1nc(-c2ccc(C(C)C(=O)O)cc2)c([N+]#[C-])c1N. The first-order valence-corrected chi connectivity index (χ1v) is 6.66. The van der Waals surface area contributed by atoms with Gasteiger partial charge in [-0.05, 0) is 31.8 Å². The largest absolute Gasteiger partial charge is 0.481 e. The third-order valence-corrected chi connectivity index (χ3v) is 3.45. The van der Waals surface area contributed by atoms with Crippen LogP contribution in [0.5, 0.6) is 0 Å². The highest BCUT2D eigenvalue weighted by molar-refractivity contribution is 5.83. The third kappa shape index (κ3) is 2.66. The van der Waals surface area contributed by atoms with Crippen LogP contribution in [0.25, 0.3) is 16.1 Å². The Hall–Kier alpha value is -2.81. The van der Waals surface area contributed by atoms with Crippen molar-refractivity contribution in [3.63, 3.8) is 0 Å². The van der Waals surface area contributed by atoms with Crippen LogP contribution in [0.2, 0.25) is 0 Å². The molecule has 0 bridgehead atoms. The summed E-state index contributed by atoms with van der Waals surface area (Å²) in [6, 6.07) is 5.60. The van der Waals surface area contributed by atoms with Crippen molar-refractivity contribution in [3.05, 3.63) is 41.2 Å². The van der Waals surface area contributed by atoms with Crippen molar-refractivity contribution in [2.45, 2.75) is 32.7 Å². The lowest BCUT2D eigenvalue weighted by atomic mass is 9.99. The van der Waals surface area contributed by atoms with Crippen LogP contribution < -0.4 is 5.73 Å². The summed E-state index contributed by atoms with van der Waals surface area (Å²) in [5.41, 5.74) is 7.46. The molecule has 1 heterocycles. The summed E-state index contributed by atoms with van der Waals surface area (Å²) in [6.07, 6.45) is 0. The molecular weight excluding hydrogens is 280 g/mol. The Balaban J connectivity index is 2.50. The quantitative estimate of drug-likeness (QED) is 0.847. The summed E-state index contributed by atoms with van der Waals surface area (Å²) in [4.78, 5) is 14.4. The van der Waals surface area contributed by atoms with Crippen molar-refractivity contribution in [2.24, 2.45) is 0 Å². The molecule has 0 aliphatic heterocycles. The monoisotopic (exact) mass is 301 g/mol. The van der Waals surface area contributed by atoms with Gasteiger partial charge in [-0.1, -0.05) is 24.3 Å². The molecule has 0 aliphatic carbocycles. The maximum absolute atomic E-state index is 11.0. The Morgan fingerprint density at radius 1 is 1.45 bits per heavy atom. The smallest absolute Gasteiger partial charge is 0.310 e. The summed E-state index contributed by atoms with van der Waals surface area (Å²) in [5.74, 6) is -1.60. The average Bonchev–Trinajstić information content (AvgIpc) is 2.89. The number of nitrogen functional groups attached to an aromatic ring is 1. The number of carboxylic acids is 1. The number of aromatic nitrogens is 2. The Labute approximate surface area is 133 Å².